The first kappa shape index (κ1) is 12.1. The van der Waals surface area contributed by atoms with Gasteiger partial charge in [-0.1, -0.05) is 11.6 Å². The van der Waals surface area contributed by atoms with Gasteiger partial charge < -0.3 is 4.43 Å². The first-order chi connectivity index (χ1) is 6.83. The molecule has 0 radical (unpaired) electrons. The van der Waals surface area contributed by atoms with Crippen LogP contribution in [-0.2, 0) is 0 Å². The van der Waals surface area contributed by atoms with Gasteiger partial charge >= 0.3 is 0 Å². The maximum atomic E-state index is 8.99. The molecule has 0 N–H and O–H groups in total. The minimum Gasteiger partial charge on any atom is -0.543 e. The average Bonchev–Trinajstić information content (AvgIpc) is 2.07. The summed E-state index contributed by atoms with van der Waals surface area (Å²) in [5, 5.41) is 9.57. The number of benzene rings is 1. The fourth-order valence-electron chi connectivity index (χ4n) is 1.25. The van der Waals surface area contributed by atoms with Gasteiger partial charge in [-0.3, -0.25) is 0 Å². The van der Waals surface area contributed by atoms with Gasteiger partial charge in [0.15, 0.2) is 0 Å². The summed E-state index contributed by atoms with van der Waals surface area (Å²) in [6.07, 6.45) is 0. The quantitative estimate of drug-likeness (QED) is 0.737. The van der Waals surface area contributed by atoms with E-state index in [0.29, 0.717) is 16.3 Å². The first-order valence-electron chi connectivity index (χ1n) is 4.73. The molecule has 4 heteroatoms. The van der Waals surface area contributed by atoms with Crippen molar-refractivity contribution in [3.8, 4) is 11.8 Å². The van der Waals surface area contributed by atoms with Crippen LogP contribution >= 0.6 is 11.6 Å². The minimum atomic E-state index is -1.69. The van der Waals surface area contributed by atoms with Gasteiger partial charge in [0.05, 0.1) is 5.56 Å². The maximum Gasteiger partial charge on any atom is 0.242 e. The molecule has 0 fully saturated rings. The van der Waals surface area contributed by atoms with Crippen LogP contribution in [-0.4, -0.2) is 8.32 Å². The molecule has 0 aliphatic rings. The summed E-state index contributed by atoms with van der Waals surface area (Å²) in [6, 6.07) is 5.57. The van der Waals surface area contributed by atoms with E-state index in [2.05, 4.69) is 25.7 Å². The van der Waals surface area contributed by atoms with Gasteiger partial charge in [0.25, 0.3) is 0 Å². The Morgan fingerprint density at radius 2 is 1.93 bits per heavy atom. The zero-order valence-electron chi connectivity index (χ0n) is 9.39. The number of rotatable bonds is 2. The molecule has 0 unspecified atom stereocenters. The Morgan fingerprint density at radius 3 is 2.40 bits per heavy atom. The van der Waals surface area contributed by atoms with Gasteiger partial charge in [-0.05, 0) is 44.3 Å². The molecule has 1 rings (SSSR count). The van der Waals surface area contributed by atoms with Crippen molar-refractivity contribution in [3.05, 3.63) is 28.3 Å². The van der Waals surface area contributed by atoms with E-state index >= 15 is 0 Å². The summed E-state index contributed by atoms with van der Waals surface area (Å²) in [7, 11) is -1.69. The number of nitrogens with zero attached hydrogens (tertiary/aromatic N) is 1. The van der Waals surface area contributed by atoms with E-state index in [4.69, 9.17) is 21.3 Å². The van der Waals surface area contributed by atoms with Crippen LogP contribution in [0.2, 0.25) is 24.7 Å². The van der Waals surface area contributed by atoms with Crippen molar-refractivity contribution in [2.75, 3.05) is 0 Å². The van der Waals surface area contributed by atoms with Gasteiger partial charge in [-0.25, -0.2) is 0 Å². The lowest BCUT2D eigenvalue weighted by atomic mass is 10.1. The molecule has 0 atom stereocenters. The molecule has 0 spiro atoms. The largest absolute Gasteiger partial charge is 0.543 e. The Balaban J connectivity index is 3.23. The highest BCUT2D eigenvalue weighted by Crippen LogP contribution is 2.29. The van der Waals surface area contributed by atoms with Crippen molar-refractivity contribution in [3.63, 3.8) is 0 Å². The average molecular weight is 240 g/mol. The molecule has 0 aliphatic carbocycles. The smallest absolute Gasteiger partial charge is 0.242 e. The zero-order chi connectivity index (χ0) is 11.6. The summed E-state index contributed by atoms with van der Waals surface area (Å²) in [5.74, 6) is 0.682. The van der Waals surface area contributed by atoms with Gasteiger partial charge in [-0.2, -0.15) is 5.26 Å². The van der Waals surface area contributed by atoms with Crippen molar-refractivity contribution >= 4 is 19.9 Å². The van der Waals surface area contributed by atoms with Crippen molar-refractivity contribution in [2.45, 2.75) is 26.6 Å². The third-order valence-corrected chi connectivity index (χ3v) is 2.80. The van der Waals surface area contributed by atoms with E-state index in [1.165, 1.54) is 0 Å². The van der Waals surface area contributed by atoms with Crippen LogP contribution in [0.15, 0.2) is 12.1 Å². The summed E-state index contributed by atoms with van der Waals surface area (Å²) in [5.41, 5.74) is 1.43. The van der Waals surface area contributed by atoms with Gasteiger partial charge in [-0.15, -0.1) is 0 Å². The highest BCUT2D eigenvalue weighted by Gasteiger charge is 2.20. The van der Waals surface area contributed by atoms with E-state index in [0.717, 1.165) is 5.56 Å². The van der Waals surface area contributed by atoms with Gasteiger partial charge in [0.2, 0.25) is 8.32 Å². The molecule has 0 heterocycles. The molecular weight excluding hydrogens is 226 g/mol. The van der Waals surface area contributed by atoms with E-state index in [1.807, 2.05) is 13.0 Å². The normalized spacial score (nSPS) is 10.9. The second-order valence-corrected chi connectivity index (χ2v) is 9.29. The highest BCUT2D eigenvalue weighted by molar-refractivity contribution is 6.70. The molecule has 0 saturated heterocycles. The number of aryl methyl sites for hydroxylation is 1. The summed E-state index contributed by atoms with van der Waals surface area (Å²) in [4.78, 5) is 0. The lowest BCUT2D eigenvalue weighted by molar-refractivity contribution is 0.551. The molecule has 80 valence electrons. The van der Waals surface area contributed by atoms with Crippen LogP contribution in [0.1, 0.15) is 11.1 Å². The van der Waals surface area contributed by atoms with Crippen molar-refractivity contribution in [1.29, 1.82) is 5.26 Å². The molecule has 0 saturated carbocycles. The second kappa shape index (κ2) is 4.26. The minimum absolute atomic E-state index is 0.516. The second-order valence-electron chi connectivity index (χ2n) is 4.43. The highest BCUT2D eigenvalue weighted by atomic mass is 35.5. The summed E-state index contributed by atoms with van der Waals surface area (Å²) in [6.45, 7) is 8.16. The summed E-state index contributed by atoms with van der Waals surface area (Å²) >= 11 is 5.88. The Labute approximate surface area is 96.6 Å². The van der Waals surface area contributed by atoms with Crippen molar-refractivity contribution < 1.29 is 4.43 Å². The van der Waals surface area contributed by atoms with Crippen LogP contribution < -0.4 is 4.43 Å². The van der Waals surface area contributed by atoms with Gasteiger partial charge in [0.1, 0.15) is 11.8 Å². The molecule has 2 nitrogen and oxygen atoms in total. The monoisotopic (exact) mass is 239 g/mol. The van der Waals surface area contributed by atoms with Crippen LogP contribution in [0.5, 0.6) is 5.75 Å². The lowest BCUT2D eigenvalue weighted by Crippen LogP contribution is -2.30. The topological polar surface area (TPSA) is 33.0 Å². The van der Waals surface area contributed by atoms with Crippen molar-refractivity contribution in [2.24, 2.45) is 0 Å². The summed E-state index contributed by atoms with van der Waals surface area (Å²) < 4.78 is 5.87. The van der Waals surface area contributed by atoms with Crippen LogP contribution in [0.25, 0.3) is 0 Å². The molecule has 1 aromatic carbocycles. The number of nitriles is 1. The zero-order valence-corrected chi connectivity index (χ0v) is 11.1. The Bertz CT molecular complexity index is 418. The molecule has 0 aliphatic heterocycles. The molecule has 0 amide bonds. The predicted octanol–water partition coefficient (Wildman–Crippen LogP) is 3.73. The van der Waals surface area contributed by atoms with Crippen LogP contribution in [0.4, 0.5) is 0 Å². The third kappa shape index (κ3) is 3.26. The fraction of sp³-hybridized carbons (Fsp3) is 0.364. The Hall–Kier alpha value is -0.983. The van der Waals surface area contributed by atoms with E-state index in [1.54, 1.807) is 6.07 Å². The Morgan fingerprint density at radius 1 is 1.33 bits per heavy atom. The SMILES string of the molecule is Cc1cc(Cl)cc(C#N)c1O[Si](C)(C)C. The standard InChI is InChI=1S/C11H14ClNOSi/c1-8-5-10(12)6-9(7-13)11(8)14-15(2,3)4/h5-6H,1-4H3. The van der Waals surface area contributed by atoms with Crippen molar-refractivity contribution in [1.82, 2.24) is 0 Å². The van der Waals surface area contributed by atoms with E-state index in [9.17, 15) is 0 Å². The molecule has 1 aromatic rings. The first-order valence-corrected chi connectivity index (χ1v) is 8.51. The Kier molecular flexibility index (Phi) is 3.43. The molecule has 15 heavy (non-hydrogen) atoms. The maximum absolute atomic E-state index is 8.99. The molecule has 0 aromatic heterocycles. The number of hydrogen-bond acceptors (Lipinski definition) is 2. The fourth-order valence-corrected chi connectivity index (χ4v) is 2.41. The predicted molar refractivity (Wildman–Crippen MR) is 64.9 cm³/mol. The molecular formula is C11H14ClNOSi. The van der Waals surface area contributed by atoms with E-state index < -0.39 is 8.32 Å². The number of hydrogen-bond donors (Lipinski definition) is 0. The lowest BCUT2D eigenvalue weighted by Gasteiger charge is -2.21. The number of halogens is 1. The van der Waals surface area contributed by atoms with E-state index in [-0.39, 0.29) is 0 Å². The van der Waals surface area contributed by atoms with Gasteiger partial charge in [0, 0.05) is 5.02 Å². The molecule has 0 bridgehead atoms. The third-order valence-electron chi connectivity index (χ3n) is 1.77. The van der Waals surface area contributed by atoms with Crippen LogP contribution in [0, 0.1) is 18.3 Å². The van der Waals surface area contributed by atoms with Crippen LogP contribution in [0.3, 0.4) is 0 Å².